The number of pyridine rings is 1. The number of urea groups is 1. The Balaban J connectivity index is 1.30. The van der Waals surface area contributed by atoms with Crippen molar-refractivity contribution in [2.45, 2.75) is 49.9 Å². The van der Waals surface area contributed by atoms with Crippen LogP contribution in [0.15, 0.2) is 42.5 Å². The van der Waals surface area contributed by atoms with Crippen molar-refractivity contribution in [2.75, 3.05) is 39.4 Å². The molecule has 0 radical (unpaired) electrons. The van der Waals surface area contributed by atoms with E-state index in [-0.39, 0.29) is 24.9 Å². The maximum atomic E-state index is 15.0. The van der Waals surface area contributed by atoms with Gasteiger partial charge in [0, 0.05) is 25.1 Å². The number of aromatic nitrogens is 1. The number of halogens is 2. The minimum atomic E-state index is -1.39. The Kier molecular flexibility index (Phi) is 7.79. The molecular weight excluding hydrogens is 508 g/mol. The van der Waals surface area contributed by atoms with Crippen LogP contribution in [0.2, 0.25) is 0 Å². The van der Waals surface area contributed by atoms with Gasteiger partial charge >= 0.3 is 6.03 Å². The van der Waals surface area contributed by atoms with E-state index >= 15 is 4.39 Å². The van der Waals surface area contributed by atoms with Crippen molar-refractivity contribution in [3.05, 3.63) is 65.2 Å². The summed E-state index contributed by atoms with van der Waals surface area (Å²) in [6.45, 7) is 3.05. The number of alkyl halides is 1. The van der Waals surface area contributed by atoms with Gasteiger partial charge in [0.1, 0.15) is 12.2 Å². The summed E-state index contributed by atoms with van der Waals surface area (Å²) in [4.78, 5) is 45.7. The number of nitrogens with zero attached hydrogens (tertiary/aromatic N) is 3. The maximum absolute atomic E-state index is 15.0. The van der Waals surface area contributed by atoms with Gasteiger partial charge < -0.3 is 25.2 Å². The molecule has 1 aromatic carbocycles. The van der Waals surface area contributed by atoms with Crippen molar-refractivity contribution in [3.8, 4) is 0 Å². The molecular formula is C28H33F2N5O4. The number of rotatable bonds is 7. The Hall–Kier alpha value is -3.60. The summed E-state index contributed by atoms with van der Waals surface area (Å²) < 4.78 is 34.7. The number of benzene rings is 1. The van der Waals surface area contributed by atoms with Gasteiger partial charge in [0.2, 0.25) is 17.8 Å². The summed E-state index contributed by atoms with van der Waals surface area (Å²) >= 11 is 0. The van der Waals surface area contributed by atoms with Crippen molar-refractivity contribution in [1.29, 1.82) is 0 Å². The average Bonchev–Trinajstić information content (AvgIpc) is 3.57. The lowest BCUT2D eigenvalue weighted by molar-refractivity contribution is -0.137. The number of hydrogen-bond donors (Lipinski definition) is 2. The molecule has 3 aliphatic rings. The summed E-state index contributed by atoms with van der Waals surface area (Å²) in [6, 6.07) is 10.1. The summed E-state index contributed by atoms with van der Waals surface area (Å²) in [6.07, 6.45) is 0.235. The third kappa shape index (κ3) is 6.03. The van der Waals surface area contributed by atoms with E-state index < -0.39 is 42.0 Å². The molecule has 3 heterocycles. The number of carbonyl (C=O) groups is 3. The monoisotopic (exact) mass is 541 g/mol. The van der Waals surface area contributed by atoms with Crippen molar-refractivity contribution < 1.29 is 27.9 Å². The highest BCUT2D eigenvalue weighted by atomic mass is 19.1. The molecule has 3 unspecified atom stereocenters. The fourth-order valence-corrected chi connectivity index (χ4v) is 5.17. The number of ether oxygens (including phenoxy) is 1. The highest BCUT2D eigenvalue weighted by molar-refractivity contribution is 5.91. The molecule has 4 amide bonds. The van der Waals surface area contributed by atoms with E-state index in [4.69, 9.17) is 4.74 Å². The number of hydrogen-bond acceptors (Lipinski definition) is 5. The van der Waals surface area contributed by atoms with Crippen LogP contribution in [0.1, 0.15) is 49.0 Å². The average molecular weight is 542 g/mol. The molecule has 208 valence electrons. The van der Waals surface area contributed by atoms with Crippen molar-refractivity contribution in [2.24, 2.45) is 0 Å². The SMILES string of the molecule is CC1(c2ccc(C(NC(=O)C3CC(F)CN3C(=O)CNC(=O)N3CCOCC3)c3ccccc3)nc2F)CC1. The van der Waals surface area contributed by atoms with Crippen LogP contribution in [0.25, 0.3) is 0 Å². The highest BCUT2D eigenvalue weighted by Gasteiger charge is 2.43. The molecule has 11 heteroatoms. The Morgan fingerprint density at radius 3 is 2.51 bits per heavy atom. The summed E-state index contributed by atoms with van der Waals surface area (Å²) in [7, 11) is 0. The zero-order valence-electron chi connectivity index (χ0n) is 21.9. The minimum Gasteiger partial charge on any atom is -0.378 e. The van der Waals surface area contributed by atoms with Gasteiger partial charge in [0.05, 0.1) is 38.0 Å². The van der Waals surface area contributed by atoms with E-state index in [1.54, 1.807) is 36.4 Å². The zero-order chi connectivity index (χ0) is 27.6. The molecule has 9 nitrogen and oxygen atoms in total. The summed E-state index contributed by atoms with van der Waals surface area (Å²) in [5.41, 5.74) is 1.33. The Morgan fingerprint density at radius 1 is 1.13 bits per heavy atom. The van der Waals surface area contributed by atoms with Crippen LogP contribution in [0.5, 0.6) is 0 Å². The maximum Gasteiger partial charge on any atom is 0.317 e. The van der Waals surface area contributed by atoms with Crippen molar-refractivity contribution in [1.82, 2.24) is 25.4 Å². The lowest BCUT2D eigenvalue weighted by Gasteiger charge is -2.28. The predicted molar refractivity (Wildman–Crippen MR) is 138 cm³/mol. The molecule has 1 aromatic heterocycles. The predicted octanol–water partition coefficient (Wildman–Crippen LogP) is 2.46. The third-order valence-electron chi connectivity index (χ3n) is 7.80. The molecule has 0 bridgehead atoms. The smallest absolute Gasteiger partial charge is 0.317 e. The molecule has 0 spiro atoms. The molecule has 3 atom stereocenters. The van der Waals surface area contributed by atoms with Gasteiger partial charge in [0.15, 0.2) is 0 Å². The van der Waals surface area contributed by atoms with Gasteiger partial charge in [-0.15, -0.1) is 0 Å². The molecule has 2 saturated heterocycles. The Bertz CT molecular complexity index is 1220. The normalized spacial score (nSPS) is 22.7. The summed E-state index contributed by atoms with van der Waals surface area (Å²) in [5, 5.41) is 5.44. The highest BCUT2D eigenvalue weighted by Crippen LogP contribution is 2.48. The van der Waals surface area contributed by atoms with Crippen LogP contribution < -0.4 is 10.6 Å². The van der Waals surface area contributed by atoms with Crippen LogP contribution in [-0.2, 0) is 19.7 Å². The molecule has 39 heavy (non-hydrogen) atoms. The Labute approximate surface area is 225 Å². The number of amides is 4. The van der Waals surface area contributed by atoms with Gasteiger partial charge in [-0.3, -0.25) is 9.59 Å². The topological polar surface area (TPSA) is 104 Å². The second-order valence-electron chi connectivity index (χ2n) is 10.6. The molecule has 1 saturated carbocycles. The number of likely N-dealkylation sites (tertiary alicyclic amines) is 1. The minimum absolute atomic E-state index is 0.171. The quantitative estimate of drug-likeness (QED) is 0.525. The van der Waals surface area contributed by atoms with E-state index in [1.165, 1.54) is 4.90 Å². The number of morpholine rings is 1. The molecule has 2 N–H and O–H groups in total. The number of carbonyl (C=O) groups excluding carboxylic acids is 3. The van der Waals surface area contributed by atoms with E-state index in [9.17, 15) is 18.8 Å². The van der Waals surface area contributed by atoms with Crippen LogP contribution in [0.3, 0.4) is 0 Å². The van der Waals surface area contributed by atoms with Crippen LogP contribution in [0.4, 0.5) is 13.6 Å². The Morgan fingerprint density at radius 2 is 1.85 bits per heavy atom. The molecule has 1 aliphatic carbocycles. The first kappa shape index (κ1) is 27.0. The van der Waals surface area contributed by atoms with Crippen LogP contribution in [0, 0.1) is 5.95 Å². The molecule has 2 aliphatic heterocycles. The first-order valence-electron chi connectivity index (χ1n) is 13.3. The molecule has 2 aromatic rings. The molecule has 3 fully saturated rings. The van der Waals surface area contributed by atoms with Crippen LogP contribution in [-0.4, -0.2) is 84.2 Å². The fraction of sp³-hybridized carbons (Fsp3) is 0.500. The van der Waals surface area contributed by atoms with Gasteiger partial charge in [-0.2, -0.15) is 4.39 Å². The third-order valence-corrected chi connectivity index (χ3v) is 7.80. The van der Waals surface area contributed by atoms with Crippen LogP contribution >= 0.6 is 0 Å². The first-order chi connectivity index (χ1) is 18.7. The summed E-state index contributed by atoms with van der Waals surface area (Å²) in [5.74, 6) is -1.70. The van der Waals surface area contributed by atoms with Gasteiger partial charge in [-0.25, -0.2) is 14.2 Å². The second kappa shape index (κ2) is 11.3. The standard InChI is InChI=1S/C28H33F2N5O4/c1-28(9-10-28)20-7-8-21(32-25(20)30)24(18-5-3-2-4-6-18)33-26(37)22-15-19(29)17-35(22)23(36)16-31-27(38)34-11-13-39-14-12-34/h2-8,19,22,24H,9-17H2,1H3,(H,31,38)(H,33,37). The zero-order valence-corrected chi connectivity index (χ0v) is 21.9. The largest absolute Gasteiger partial charge is 0.378 e. The van der Waals surface area contributed by atoms with E-state index in [0.717, 1.165) is 17.7 Å². The second-order valence-corrected chi connectivity index (χ2v) is 10.6. The van der Waals surface area contributed by atoms with Crippen molar-refractivity contribution >= 4 is 17.8 Å². The fourth-order valence-electron chi connectivity index (χ4n) is 5.17. The van der Waals surface area contributed by atoms with E-state index in [2.05, 4.69) is 15.6 Å². The van der Waals surface area contributed by atoms with Crippen molar-refractivity contribution in [3.63, 3.8) is 0 Å². The van der Waals surface area contributed by atoms with E-state index in [1.807, 2.05) is 13.0 Å². The lowest BCUT2D eigenvalue weighted by atomic mass is 9.97. The van der Waals surface area contributed by atoms with E-state index in [0.29, 0.717) is 43.1 Å². The first-order valence-corrected chi connectivity index (χ1v) is 13.3. The molecule has 5 rings (SSSR count). The van der Waals surface area contributed by atoms with Gasteiger partial charge in [-0.05, 0) is 29.9 Å². The lowest BCUT2D eigenvalue weighted by Crippen LogP contribution is -2.52. The van der Waals surface area contributed by atoms with Gasteiger partial charge in [-0.1, -0.05) is 43.3 Å². The number of nitrogens with one attached hydrogen (secondary N) is 2. The van der Waals surface area contributed by atoms with Gasteiger partial charge in [0.25, 0.3) is 0 Å².